The molecule has 0 radical (unpaired) electrons. The van der Waals surface area contributed by atoms with Crippen LogP contribution in [0, 0.1) is 0 Å². The molecule has 0 saturated carbocycles. The third-order valence-corrected chi connectivity index (χ3v) is 3.37. The average Bonchev–Trinajstić information content (AvgIpc) is 2.75. The Kier molecular flexibility index (Phi) is 6.42. The fraction of sp³-hybridized carbons (Fsp3) is 0.750. The minimum atomic E-state index is 0.897. The summed E-state index contributed by atoms with van der Waals surface area (Å²) in [5, 5.41) is 6.71. The zero-order valence-corrected chi connectivity index (χ0v) is 11.4. The number of aromatic nitrogens is 1. The highest BCUT2D eigenvalue weighted by Crippen LogP contribution is 2.20. The van der Waals surface area contributed by atoms with E-state index in [2.05, 4.69) is 41.4 Å². The third-order valence-electron chi connectivity index (χ3n) is 2.42. The molecule has 1 N–H and O–H groups in total. The summed E-state index contributed by atoms with van der Waals surface area (Å²) in [7, 11) is 0. The lowest BCUT2D eigenvalue weighted by molar-refractivity contribution is 0.665. The van der Waals surface area contributed by atoms with Crippen molar-refractivity contribution in [2.75, 3.05) is 24.5 Å². The van der Waals surface area contributed by atoms with Gasteiger partial charge in [0.05, 0.1) is 5.69 Å². The van der Waals surface area contributed by atoms with Gasteiger partial charge in [0.1, 0.15) is 0 Å². The van der Waals surface area contributed by atoms with Gasteiger partial charge in [0, 0.05) is 25.0 Å². The molecule has 0 aliphatic heterocycles. The smallest absolute Gasteiger partial charge is 0.185 e. The van der Waals surface area contributed by atoms with Crippen LogP contribution in [-0.2, 0) is 6.54 Å². The molecule has 0 amide bonds. The minimum Gasteiger partial charge on any atom is -0.348 e. The van der Waals surface area contributed by atoms with Gasteiger partial charge in [0.2, 0.25) is 0 Å². The van der Waals surface area contributed by atoms with E-state index in [-0.39, 0.29) is 0 Å². The Labute approximate surface area is 103 Å². The highest BCUT2D eigenvalue weighted by molar-refractivity contribution is 7.13. The molecule has 0 aromatic carbocycles. The monoisotopic (exact) mass is 241 g/mol. The molecule has 0 aliphatic rings. The topological polar surface area (TPSA) is 28.2 Å². The Hall–Kier alpha value is -0.610. The molecule has 0 bridgehead atoms. The van der Waals surface area contributed by atoms with E-state index in [9.17, 15) is 0 Å². The number of rotatable bonds is 8. The Morgan fingerprint density at radius 2 is 2.12 bits per heavy atom. The molecule has 0 saturated heterocycles. The Morgan fingerprint density at radius 3 is 2.75 bits per heavy atom. The molecule has 0 aliphatic carbocycles. The molecule has 1 heterocycles. The standard InChI is InChI=1S/C12H23N3S/c1-4-7-13-9-11-10-16-12(14-11)15(6-3)8-5-2/h10,13H,4-9H2,1-3H3. The van der Waals surface area contributed by atoms with Gasteiger partial charge in [-0.3, -0.25) is 0 Å². The SMILES string of the molecule is CCCNCc1csc(N(CC)CCC)n1. The maximum absolute atomic E-state index is 4.65. The summed E-state index contributed by atoms with van der Waals surface area (Å²) in [6.45, 7) is 10.7. The summed E-state index contributed by atoms with van der Waals surface area (Å²) in [4.78, 5) is 7.00. The zero-order valence-electron chi connectivity index (χ0n) is 10.6. The number of hydrogen-bond donors (Lipinski definition) is 1. The predicted octanol–water partition coefficient (Wildman–Crippen LogP) is 2.88. The van der Waals surface area contributed by atoms with E-state index < -0.39 is 0 Å². The summed E-state index contributed by atoms with van der Waals surface area (Å²) in [6, 6.07) is 0. The van der Waals surface area contributed by atoms with Crippen LogP contribution in [-0.4, -0.2) is 24.6 Å². The van der Waals surface area contributed by atoms with Crippen molar-refractivity contribution in [2.45, 2.75) is 40.2 Å². The van der Waals surface area contributed by atoms with Crippen LogP contribution in [0.25, 0.3) is 0 Å². The Morgan fingerprint density at radius 1 is 1.31 bits per heavy atom. The van der Waals surface area contributed by atoms with Crippen molar-refractivity contribution in [1.29, 1.82) is 0 Å². The fourth-order valence-corrected chi connectivity index (χ4v) is 2.49. The maximum atomic E-state index is 4.65. The van der Waals surface area contributed by atoms with E-state index in [0.717, 1.165) is 31.3 Å². The van der Waals surface area contributed by atoms with Gasteiger partial charge in [-0.2, -0.15) is 0 Å². The number of thiazole rings is 1. The molecule has 0 atom stereocenters. The lowest BCUT2D eigenvalue weighted by atomic mass is 10.4. The number of anilines is 1. The van der Waals surface area contributed by atoms with Crippen LogP contribution in [0.3, 0.4) is 0 Å². The summed E-state index contributed by atoms with van der Waals surface area (Å²) >= 11 is 1.76. The molecule has 16 heavy (non-hydrogen) atoms. The summed E-state index contributed by atoms with van der Waals surface area (Å²) in [5.41, 5.74) is 1.17. The lowest BCUT2D eigenvalue weighted by Crippen LogP contribution is -2.23. The van der Waals surface area contributed by atoms with Gasteiger partial charge < -0.3 is 10.2 Å². The van der Waals surface area contributed by atoms with Gasteiger partial charge in [-0.05, 0) is 26.3 Å². The molecule has 92 valence electrons. The summed E-state index contributed by atoms with van der Waals surface area (Å²) in [6.07, 6.45) is 2.35. The molecule has 0 spiro atoms. The second-order valence-electron chi connectivity index (χ2n) is 3.88. The molecule has 3 nitrogen and oxygen atoms in total. The van der Waals surface area contributed by atoms with E-state index >= 15 is 0 Å². The second kappa shape index (κ2) is 7.63. The first-order valence-corrected chi connectivity index (χ1v) is 7.09. The van der Waals surface area contributed by atoms with Crippen molar-refractivity contribution in [3.05, 3.63) is 11.1 Å². The number of nitrogens with zero attached hydrogens (tertiary/aromatic N) is 2. The van der Waals surface area contributed by atoms with Gasteiger partial charge in [0.25, 0.3) is 0 Å². The molecule has 4 heteroatoms. The number of hydrogen-bond acceptors (Lipinski definition) is 4. The van der Waals surface area contributed by atoms with Crippen molar-refractivity contribution in [1.82, 2.24) is 10.3 Å². The Balaban J connectivity index is 2.48. The van der Waals surface area contributed by atoms with E-state index in [4.69, 9.17) is 0 Å². The van der Waals surface area contributed by atoms with Crippen LogP contribution in [0.15, 0.2) is 5.38 Å². The highest BCUT2D eigenvalue weighted by Gasteiger charge is 2.07. The minimum absolute atomic E-state index is 0.897. The van der Waals surface area contributed by atoms with Gasteiger partial charge in [-0.15, -0.1) is 11.3 Å². The molecule has 0 unspecified atom stereocenters. The fourth-order valence-electron chi connectivity index (χ4n) is 1.57. The van der Waals surface area contributed by atoms with E-state index in [0.29, 0.717) is 0 Å². The molecule has 1 aromatic rings. The Bertz CT molecular complexity index is 286. The van der Waals surface area contributed by atoms with Crippen molar-refractivity contribution in [3.8, 4) is 0 Å². The zero-order chi connectivity index (χ0) is 11.8. The van der Waals surface area contributed by atoms with Crippen LogP contribution >= 0.6 is 11.3 Å². The van der Waals surface area contributed by atoms with Crippen LogP contribution in [0.5, 0.6) is 0 Å². The van der Waals surface area contributed by atoms with E-state index in [1.165, 1.54) is 18.5 Å². The summed E-state index contributed by atoms with van der Waals surface area (Å²) in [5.74, 6) is 0. The average molecular weight is 241 g/mol. The van der Waals surface area contributed by atoms with Crippen LogP contribution in [0.4, 0.5) is 5.13 Å². The largest absolute Gasteiger partial charge is 0.348 e. The molecule has 1 rings (SSSR count). The first-order valence-electron chi connectivity index (χ1n) is 6.21. The normalized spacial score (nSPS) is 10.7. The summed E-state index contributed by atoms with van der Waals surface area (Å²) < 4.78 is 0. The van der Waals surface area contributed by atoms with Crippen LogP contribution in [0.2, 0.25) is 0 Å². The molecule has 0 fully saturated rings. The van der Waals surface area contributed by atoms with Gasteiger partial charge in [-0.1, -0.05) is 13.8 Å². The number of nitrogens with one attached hydrogen (secondary N) is 1. The molecular formula is C12H23N3S. The molecular weight excluding hydrogens is 218 g/mol. The van der Waals surface area contributed by atoms with Crippen LogP contribution in [0.1, 0.15) is 39.3 Å². The van der Waals surface area contributed by atoms with Gasteiger partial charge in [-0.25, -0.2) is 4.98 Å². The van der Waals surface area contributed by atoms with Crippen LogP contribution < -0.4 is 10.2 Å². The first-order chi connectivity index (χ1) is 7.81. The van der Waals surface area contributed by atoms with Crippen molar-refractivity contribution < 1.29 is 0 Å². The van der Waals surface area contributed by atoms with E-state index in [1.54, 1.807) is 11.3 Å². The first kappa shape index (κ1) is 13.5. The quantitative estimate of drug-likeness (QED) is 0.709. The highest BCUT2D eigenvalue weighted by atomic mass is 32.1. The third kappa shape index (κ3) is 4.10. The van der Waals surface area contributed by atoms with Gasteiger partial charge in [0.15, 0.2) is 5.13 Å². The van der Waals surface area contributed by atoms with Crippen molar-refractivity contribution >= 4 is 16.5 Å². The van der Waals surface area contributed by atoms with Crippen molar-refractivity contribution in [2.24, 2.45) is 0 Å². The van der Waals surface area contributed by atoms with E-state index in [1.807, 2.05) is 0 Å². The molecule has 1 aromatic heterocycles. The van der Waals surface area contributed by atoms with Gasteiger partial charge >= 0.3 is 0 Å². The second-order valence-corrected chi connectivity index (χ2v) is 4.71. The van der Waals surface area contributed by atoms with Crippen molar-refractivity contribution in [3.63, 3.8) is 0 Å². The maximum Gasteiger partial charge on any atom is 0.185 e. The predicted molar refractivity (Wildman–Crippen MR) is 72.3 cm³/mol. The lowest BCUT2D eigenvalue weighted by Gasteiger charge is -2.18.